The summed E-state index contributed by atoms with van der Waals surface area (Å²) in [6.07, 6.45) is 1.06. The van der Waals surface area contributed by atoms with Gasteiger partial charge in [-0.2, -0.15) is 0 Å². The standard InChI is InChI=1S/C29H30N4O7/c1-28(2,3)40-27(39)30-15-16-4-7-18(8-5-16)29(12-13-29)32-23(35)17-6-9-19-20(14-17)26(38)33(25(19)37)21-10-11-22(34)31-24(21)36/h4-9,14,21H,10-13,15H2,1-3H3,(H,30,39)(H,32,35)(H,31,34,36). The van der Waals surface area contributed by atoms with Crippen molar-refractivity contribution in [3.8, 4) is 0 Å². The Morgan fingerprint density at radius 1 is 1.00 bits per heavy atom. The number of ether oxygens (including phenoxy) is 1. The minimum atomic E-state index is -1.07. The van der Waals surface area contributed by atoms with E-state index in [-0.39, 0.29) is 29.5 Å². The van der Waals surface area contributed by atoms with Crippen LogP contribution >= 0.6 is 0 Å². The Hall–Kier alpha value is -4.54. The highest BCUT2D eigenvalue weighted by atomic mass is 16.6. The van der Waals surface area contributed by atoms with Gasteiger partial charge in [0.1, 0.15) is 11.6 Å². The molecular weight excluding hydrogens is 516 g/mol. The van der Waals surface area contributed by atoms with E-state index in [1.165, 1.54) is 18.2 Å². The third-order valence-electron chi connectivity index (χ3n) is 7.15. The summed E-state index contributed by atoms with van der Waals surface area (Å²) in [7, 11) is 0. The summed E-state index contributed by atoms with van der Waals surface area (Å²) in [6, 6.07) is 10.8. The minimum absolute atomic E-state index is 0.0286. The van der Waals surface area contributed by atoms with Gasteiger partial charge in [0.2, 0.25) is 11.8 Å². The van der Waals surface area contributed by atoms with Crippen LogP contribution in [0, 0.1) is 0 Å². The van der Waals surface area contributed by atoms with Crippen molar-refractivity contribution in [3.63, 3.8) is 0 Å². The highest BCUT2D eigenvalue weighted by Crippen LogP contribution is 2.45. The number of amides is 6. The van der Waals surface area contributed by atoms with Crippen molar-refractivity contribution < 1.29 is 33.5 Å². The number of imide groups is 2. The molecule has 1 saturated heterocycles. The van der Waals surface area contributed by atoms with Crippen LogP contribution in [-0.4, -0.2) is 52.2 Å². The van der Waals surface area contributed by atoms with E-state index < -0.39 is 52.8 Å². The summed E-state index contributed by atoms with van der Waals surface area (Å²) in [6.45, 7) is 5.68. The van der Waals surface area contributed by atoms with Crippen LogP contribution in [0.2, 0.25) is 0 Å². The molecule has 1 aliphatic carbocycles. The van der Waals surface area contributed by atoms with Crippen LogP contribution in [0.1, 0.15) is 88.7 Å². The first-order valence-corrected chi connectivity index (χ1v) is 13.1. The normalized spacial score (nSPS) is 19.6. The number of rotatable bonds is 6. The number of hydrogen-bond acceptors (Lipinski definition) is 7. The second-order valence-electron chi connectivity index (χ2n) is 11.3. The predicted octanol–water partition coefficient (Wildman–Crippen LogP) is 2.53. The molecule has 11 heteroatoms. The molecule has 2 heterocycles. The zero-order valence-corrected chi connectivity index (χ0v) is 22.5. The van der Waals surface area contributed by atoms with Gasteiger partial charge in [-0.1, -0.05) is 24.3 Å². The van der Waals surface area contributed by atoms with E-state index in [0.29, 0.717) is 6.54 Å². The molecule has 3 aliphatic rings. The number of nitrogens with zero attached hydrogens (tertiary/aromatic N) is 1. The fourth-order valence-corrected chi connectivity index (χ4v) is 4.94. The molecule has 11 nitrogen and oxygen atoms in total. The highest BCUT2D eigenvalue weighted by molar-refractivity contribution is 6.24. The lowest BCUT2D eigenvalue weighted by Gasteiger charge is -2.27. The second kappa shape index (κ2) is 9.89. The third kappa shape index (κ3) is 5.31. The Morgan fingerprint density at radius 3 is 2.30 bits per heavy atom. The molecule has 2 aromatic rings. The first-order chi connectivity index (χ1) is 18.9. The van der Waals surface area contributed by atoms with Gasteiger partial charge in [0.25, 0.3) is 17.7 Å². The molecule has 1 saturated carbocycles. The van der Waals surface area contributed by atoms with E-state index in [4.69, 9.17) is 4.74 Å². The van der Waals surface area contributed by atoms with Crippen molar-refractivity contribution >= 4 is 35.6 Å². The number of benzene rings is 2. The number of fused-ring (bicyclic) bond motifs is 1. The van der Waals surface area contributed by atoms with Crippen LogP contribution < -0.4 is 16.0 Å². The molecule has 2 fully saturated rings. The summed E-state index contributed by atoms with van der Waals surface area (Å²) in [4.78, 5) is 75.8. The van der Waals surface area contributed by atoms with Crippen molar-refractivity contribution in [2.24, 2.45) is 0 Å². The lowest BCUT2D eigenvalue weighted by atomic mass is 10.0. The lowest BCUT2D eigenvalue weighted by Crippen LogP contribution is -2.54. The van der Waals surface area contributed by atoms with Gasteiger partial charge in [-0.25, -0.2) is 4.79 Å². The summed E-state index contributed by atoms with van der Waals surface area (Å²) < 4.78 is 5.25. The molecule has 3 N–H and O–H groups in total. The van der Waals surface area contributed by atoms with Gasteiger partial charge in [0.15, 0.2) is 0 Å². The Bertz CT molecular complexity index is 1440. The monoisotopic (exact) mass is 546 g/mol. The SMILES string of the molecule is CC(C)(C)OC(=O)NCc1ccc(C2(NC(=O)c3ccc4c(c3)C(=O)N(C3CCC(=O)NC3=O)C4=O)CC2)cc1. The Morgan fingerprint density at radius 2 is 1.68 bits per heavy atom. The number of carbonyl (C=O) groups excluding carboxylic acids is 6. The molecule has 0 radical (unpaired) electrons. The first-order valence-electron chi connectivity index (χ1n) is 13.1. The average molecular weight is 547 g/mol. The molecular formula is C29H30N4O7. The Balaban J connectivity index is 1.25. The average Bonchev–Trinajstić information content (AvgIpc) is 3.63. The Labute approximate surface area is 230 Å². The molecule has 5 rings (SSSR count). The van der Waals surface area contributed by atoms with Crippen molar-refractivity contribution in [2.45, 2.75) is 70.2 Å². The van der Waals surface area contributed by atoms with Crippen LogP contribution in [0.25, 0.3) is 0 Å². The molecule has 208 valence electrons. The van der Waals surface area contributed by atoms with Crippen molar-refractivity contribution in [1.82, 2.24) is 20.9 Å². The molecule has 1 atom stereocenters. The smallest absolute Gasteiger partial charge is 0.407 e. The van der Waals surface area contributed by atoms with Gasteiger partial charge in [0, 0.05) is 18.5 Å². The van der Waals surface area contributed by atoms with E-state index >= 15 is 0 Å². The van der Waals surface area contributed by atoms with Crippen LogP contribution in [0.4, 0.5) is 4.79 Å². The number of hydrogen-bond donors (Lipinski definition) is 3. The van der Waals surface area contributed by atoms with Gasteiger partial charge in [-0.05, 0) is 69.4 Å². The molecule has 2 aromatic carbocycles. The zero-order valence-electron chi connectivity index (χ0n) is 22.5. The van der Waals surface area contributed by atoms with E-state index in [1.54, 1.807) is 20.8 Å². The van der Waals surface area contributed by atoms with Gasteiger partial charge < -0.3 is 15.4 Å². The largest absolute Gasteiger partial charge is 0.444 e. The second-order valence-corrected chi connectivity index (χ2v) is 11.3. The summed E-state index contributed by atoms with van der Waals surface area (Å²) in [5.41, 5.74) is 1.04. The van der Waals surface area contributed by atoms with E-state index in [0.717, 1.165) is 28.9 Å². The molecule has 0 aromatic heterocycles. The van der Waals surface area contributed by atoms with Crippen LogP contribution in [0.3, 0.4) is 0 Å². The van der Waals surface area contributed by atoms with Crippen LogP contribution in [0.15, 0.2) is 42.5 Å². The number of nitrogens with one attached hydrogen (secondary N) is 3. The third-order valence-corrected chi connectivity index (χ3v) is 7.15. The van der Waals surface area contributed by atoms with Crippen LogP contribution in [0.5, 0.6) is 0 Å². The van der Waals surface area contributed by atoms with Gasteiger partial charge in [-0.15, -0.1) is 0 Å². The fraction of sp³-hybridized carbons (Fsp3) is 0.379. The van der Waals surface area contributed by atoms with E-state index in [1.807, 2.05) is 24.3 Å². The predicted molar refractivity (Wildman–Crippen MR) is 141 cm³/mol. The van der Waals surface area contributed by atoms with Gasteiger partial charge in [0.05, 0.1) is 16.7 Å². The maximum Gasteiger partial charge on any atom is 0.407 e. The van der Waals surface area contributed by atoms with E-state index in [2.05, 4.69) is 16.0 Å². The number of alkyl carbamates (subject to hydrolysis) is 1. The molecule has 1 unspecified atom stereocenters. The first kappa shape index (κ1) is 27.0. The number of piperidine rings is 1. The summed E-state index contributed by atoms with van der Waals surface area (Å²) in [5, 5.41) is 7.94. The molecule has 0 bridgehead atoms. The summed E-state index contributed by atoms with van der Waals surface area (Å²) in [5.74, 6) is -2.82. The van der Waals surface area contributed by atoms with Crippen molar-refractivity contribution in [3.05, 3.63) is 70.3 Å². The van der Waals surface area contributed by atoms with Gasteiger partial charge >= 0.3 is 6.09 Å². The van der Waals surface area contributed by atoms with E-state index in [9.17, 15) is 28.8 Å². The van der Waals surface area contributed by atoms with Crippen molar-refractivity contribution in [1.29, 1.82) is 0 Å². The van der Waals surface area contributed by atoms with Crippen LogP contribution in [-0.2, 0) is 26.4 Å². The number of carbonyl (C=O) groups is 6. The van der Waals surface area contributed by atoms with Crippen molar-refractivity contribution in [2.75, 3.05) is 0 Å². The maximum atomic E-state index is 13.2. The Kier molecular flexibility index (Phi) is 6.69. The quantitative estimate of drug-likeness (QED) is 0.471. The highest BCUT2D eigenvalue weighted by Gasteiger charge is 2.47. The lowest BCUT2D eigenvalue weighted by molar-refractivity contribution is -0.136. The summed E-state index contributed by atoms with van der Waals surface area (Å²) >= 11 is 0. The minimum Gasteiger partial charge on any atom is -0.444 e. The topological polar surface area (TPSA) is 151 Å². The molecule has 2 aliphatic heterocycles. The maximum absolute atomic E-state index is 13.2. The molecule has 6 amide bonds. The molecule has 0 spiro atoms. The van der Waals surface area contributed by atoms with Gasteiger partial charge in [-0.3, -0.25) is 34.2 Å². The molecule has 40 heavy (non-hydrogen) atoms. The fourth-order valence-electron chi connectivity index (χ4n) is 4.94. The zero-order chi connectivity index (χ0) is 28.8.